The highest BCUT2D eigenvalue weighted by Gasteiger charge is 2.11. The number of benzene rings is 1. The number of aromatic nitrogens is 2. The molecule has 3 aromatic rings. The summed E-state index contributed by atoms with van der Waals surface area (Å²) in [6.07, 6.45) is 5.60. The Hall–Kier alpha value is -3.02. The van der Waals surface area contributed by atoms with E-state index in [2.05, 4.69) is 15.3 Å². The van der Waals surface area contributed by atoms with E-state index in [9.17, 15) is 9.18 Å². The molecular weight excluding hydrogens is 321 g/mol. The second-order valence-corrected chi connectivity index (χ2v) is 5.69. The van der Waals surface area contributed by atoms with E-state index in [0.717, 1.165) is 5.56 Å². The minimum atomic E-state index is -0.235. The lowest BCUT2D eigenvalue weighted by Crippen LogP contribution is -2.24. The van der Waals surface area contributed by atoms with Gasteiger partial charge in [-0.25, -0.2) is 9.37 Å². The molecule has 1 N–H and O–H groups in total. The average molecular weight is 339 g/mol. The molecule has 2 heterocycles. The molecule has 2 aromatic heterocycles. The van der Waals surface area contributed by atoms with Crippen molar-refractivity contribution >= 4 is 5.91 Å². The van der Waals surface area contributed by atoms with Crippen LogP contribution in [0.25, 0.3) is 11.5 Å². The summed E-state index contributed by atoms with van der Waals surface area (Å²) in [5.74, 6) is 0.276. The maximum Gasteiger partial charge on any atom is 0.220 e. The van der Waals surface area contributed by atoms with Crippen molar-refractivity contribution in [2.45, 2.75) is 26.3 Å². The molecule has 3 rings (SSSR count). The minimum Gasteiger partial charge on any atom is -0.463 e. The lowest BCUT2D eigenvalue weighted by atomic mass is 10.1. The molecule has 1 amide bonds. The molecule has 128 valence electrons. The maximum atomic E-state index is 13.3. The van der Waals surface area contributed by atoms with E-state index in [0.29, 0.717) is 35.6 Å². The fourth-order valence-electron chi connectivity index (χ4n) is 2.51. The summed E-state index contributed by atoms with van der Waals surface area (Å²) in [7, 11) is 0. The van der Waals surface area contributed by atoms with Crippen molar-refractivity contribution in [1.29, 1.82) is 0 Å². The van der Waals surface area contributed by atoms with Crippen molar-refractivity contribution in [2.75, 3.05) is 0 Å². The zero-order valence-electron chi connectivity index (χ0n) is 13.8. The topological polar surface area (TPSA) is 68.0 Å². The molecule has 0 spiro atoms. The molecular formula is C19H18FN3O2. The standard InChI is InChI=1S/C19H18FN3O2/c1-13-11-14(4-6-15(13)20)5-7-18(24)23-12-16-19(22-9-8-21-16)17-3-2-10-25-17/h2-4,6,8-11H,5,7,12H2,1H3,(H,23,24). The summed E-state index contributed by atoms with van der Waals surface area (Å²) in [4.78, 5) is 20.6. The van der Waals surface area contributed by atoms with Crippen LogP contribution in [0.2, 0.25) is 0 Å². The number of carbonyl (C=O) groups excluding carboxylic acids is 1. The van der Waals surface area contributed by atoms with Gasteiger partial charge in [0, 0.05) is 18.8 Å². The summed E-state index contributed by atoms with van der Waals surface area (Å²) in [5, 5.41) is 2.84. The quantitative estimate of drug-likeness (QED) is 0.747. The van der Waals surface area contributed by atoms with Gasteiger partial charge >= 0.3 is 0 Å². The van der Waals surface area contributed by atoms with Crippen molar-refractivity contribution < 1.29 is 13.6 Å². The molecule has 0 atom stereocenters. The predicted molar refractivity (Wildman–Crippen MR) is 91.0 cm³/mol. The summed E-state index contributed by atoms with van der Waals surface area (Å²) in [5.41, 5.74) is 2.77. The Morgan fingerprint density at radius 2 is 2.08 bits per heavy atom. The zero-order chi connectivity index (χ0) is 17.6. The molecule has 6 heteroatoms. The Morgan fingerprint density at radius 1 is 1.24 bits per heavy atom. The summed E-state index contributed by atoms with van der Waals surface area (Å²) in [6.45, 7) is 1.98. The fraction of sp³-hybridized carbons (Fsp3) is 0.211. The Bertz CT molecular complexity index is 863. The Balaban J connectivity index is 1.57. The average Bonchev–Trinajstić information content (AvgIpc) is 3.15. The summed E-state index contributed by atoms with van der Waals surface area (Å²) >= 11 is 0. The molecule has 0 unspecified atom stereocenters. The van der Waals surface area contributed by atoms with Gasteiger partial charge in [0.25, 0.3) is 0 Å². The van der Waals surface area contributed by atoms with Crippen molar-refractivity contribution in [3.8, 4) is 11.5 Å². The van der Waals surface area contributed by atoms with Gasteiger partial charge in [0.15, 0.2) is 5.76 Å². The molecule has 0 fully saturated rings. The third-order valence-corrected chi connectivity index (χ3v) is 3.84. The molecule has 5 nitrogen and oxygen atoms in total. The number of hydrogen-bond donors (Lipinski definition) is 1. The fourth-order valence-corrected chi connectivity index (χ4v) is 2.51. The van der Waals surface area contributed by atoms with Gasteiger partial charge in [0.2, 0.25) is 5.91 Å². The zero-order valence-corrected chi connectivity index (χ0v) is 13.8. The second-order valence-electron chi connectivity index (χ2n) is 5.69. The van der Waals surface area contributed by atoms with Crippen LogP contribution >= 0.6 is 0 Å². The number of aryl methyl sites for hydroxylation is 2. The van der Waals surface area contributed by atoms with Crippen LogP contribution < -0.4 is 5.32 Å². The van der Waals surface area contributed by atoms with Gasteiger partial charge in [-0.3, -0.25) is 9.78 Å². The van der Waals surface area contributed by atoms with Gasteiger partial charge in [-0.2, -0.15) is 0 Å². The normalized spacial score (nSPS) is 10.6. The molecule has 0 aliphatic carbocycles. The van der Waals surface area contributed by atoms with Gasteiger partial charge in [-0.15, -0.1) is 0 Å². The molecule has 0 radical (unpaired) electrons. The van der Waals surface area contributed by atoms with Crippen molar-refractivity contribution in [1.82, 2.24) is 15.3 Å². The minimum absolute atomic E-state index is 0.0990. The van der Waals surface area contributed by atoms with Gasteiger partial charge in [0.1, 0.15) is 11.5 Å². The lowest BCUT2D eigenvalue weighted by Gasteiger charge is -2.08. The number of rotatable bonds is 6. The summed E-state index contributed by atoms with van der Waals surface area (Å²) in [6, 6.07) is 8.47. The highest BCUT2D eigenvalue weighted by atomic mass is 19.1. The maximum absolute atomic E-state index is 13.3. The van der Waals surface area contributed by atoms with Gasteiger partial charge in [-0.05, 0) is 42.7 Å². The first-order valence-electron chi connectivity index (χ1n) is 7.99. The van der Waals surface area contributed by atoms with Gasteiger partial charge in [-0.1, -0.05) is 12.1 Å². The monoisotopic (exact) mass is 339 g/mol. The molecule has 0 saturated heterocycles. The van der Waals surface area contributed by atoms with E-state index in [1.54, 1.807) is 49.8 Å². The van der Waals surface area contributed by atoms with Crippen molar-refractivity contribution in [3.63, 3.8) is 0 Å². The second kappa shape index (κ2) is 7.70. The van der Waals surface area contributed by atoms with Gasteiger partial charge < -0.3 is 9.73 Å². The smallest absolute Gasteiger partial charge is 0.220 e. The first-order chi connectivity index (χ1) is 12.1. The number of furan rings is 1. The van der Waals surface area contributed by atoms with Crippen molar-refractivity contribution in [2.24, 2.45) is 0 Å². The van der Waals surface area contributed by atoms with E-state index in [-0.39, 0.29) is 18.3 Å². The lowest BCUT2D eigenvalue weighted by molar-refractivity contribution is -0.121. The molecule has 0 aliphatic rings. The molecule has 0 bridgehead atoms. The summed E-state index contributed by atoms with van der Waals surface area (Å²) < 4.78 is 18.6. The Morgan fingerprint density at radius 3 is 2.84 bits per heavy atom. The van der Waals surface area contributed by atoms with E-state index < -0.39 is 0 Å². The van der Waals surface area contributed by atoms with Crippen molar-refractivity contribution in [3.05, 3.63) is 71.6 Å². The number of halogens is 1. The van der Waals surface area contributed by atoms with Crippen LogP contribution in [0.5, 0.6) is 0 Å². The van der Waals surface area contributed by atoms with E-state index >= 15 is 0 Å². The molecule has 0 aliphatic heterocycles. The highest BCUT2D eigenvalue weighted by Crippen LogP contribution is 2.19. The number of carbonyl (C=O) groups is 1. The van der Waals surface area contributed by atoms with E-state index in [4.69, 9.17) is 4.42 Å². The third kappa shape index (κ3) is 4.29. The molecule has 0 saturated carbocycles. The Labute approximate surface area is 144 Å². The van der Waals surface area contributed by atoms with Crippen LogP contribution in [0.15, 0.2) is 53.4 Å². The molecule has 1 aromatic carbocycles. The van der Waals surface area contributed by atoms with Crippen LogP contribution in [0.4, 0.5) is 4.39 Å². The largest absolute Gasteiger partial charge is 0.463 e. The SMILES string of the molecule is Cc1cc(CCC(=O)NCc2nccnc2-c2ccco2)ccc1F. The highest BCUT2D eigenvalue weighted by molar-refractivity contribution is 5.76. The van der Waals surface area contributed by atoms with Crippen LogP contribution in [-0.2, 0) is 17.8 Å². The van der Waals surface area contributed by atoms with E-state index in [1.165, 1.54) is 6.07 Å². The third-order valence-electron chi connectivity index (χ3n) is 3.84. The van der Waals surface area contributed by atoms with Crippen LogP contribution in [-0.4, -0.2) is 15.9 Å². The Kier molecular flexibility index (Phi) is 5.18. The van der Waals surface area contributed by atoms with Crippen LogP contribution in [0.1, 0.15) is 23.2 Å². The van der Waals surface area contributed by atoms with Crippen LogP contribution in [0, 0.1) is 12.7 Å². The number of amides is 1. The number of hydrogen-bond acceptors (Lipinski definition) is 4. The number of nitrogens with one attached hydrogen (secondary N) is 1. The first-order valence-corrected chi connectivity index (χ1v) is 7.99. The van der Waals surface area contributed by atoms with E-state index in [1.807, 2.05) is 0 Å². The van der Waals surface area contributed by atoms with Crippen LogP contribution in [0.3, 0.4) is 0 Å². The molecule has 25 heavy (non-hydrogen) atoms. The van der Waals surface area contributed by atoms with Gasteiger partial charge in [0.05, 0.1) is 18.5 Å². The number of nitrogens with zero attached hydrogens (tertiary/aromatic N) is 2. The first kappa shape index (κ1) is 16.8. The predicted octanol–water partition coefficient (Wildman–Crippen LogP) is 3.43.